The number of ether oxygens (including phenoxy) is 1. The number of nitrogens with two attached hydrogens (primary N) is 1. The molecule has 2 aliphatic rings. The first kappa shape index (κ1) is 20.0. The summed E-state index contributed by atoms with van der Waals surface area (Å²) in [7, 11) is 0. The van der Waals surface area contributed by atoms with E-state index in [0.29, 0.717) is 12.2 Å². The molecule has 0 radical (unpaired) electrons. The van der Waals surface area contributed by atoms with Crippen LogP contribution in [-0.2, 0) is 11.2 Å². The van der Waals surface area contributed by atoms with Crippen LogP contribution in [0.3, 0.4) is 0 Å². The molecule has 0 aliphatic carbocycles. The van der Waals surface area contributed by atoms with Gasteiger partial charge in [-0.15, -0.1) is 0 Å². The number of hydrogen-bond acceptors (Lipinski definition) is 3. The highest BCUT2D eigenvalue weighted by atomic mass is 19.1. The average Bonchev–Trinajstić information content (AvgIpc) is 3.20. The molecule has 3 heterocycles. The summed E-state index contributed by atoms with van der Waals surface area (Å²) in [6.07, 6.45) is 7.02. The maximum Gasteiger partial charge on any atom is 0.248 e. The fourth-order valence-corrected chi connectivity index (χ4v) is 4.75. The number of nitrogens with zero attached hydrogens (tertiary/aromatic N) is 1. The minimum absolute atomic E-state index is 0.0552. The van der Waals surface area contributed by atoms with Crippen molar-refractivity contribution in [2.75, 3.05) is 26.2 Å². The first-order valence-electron chi connectivity index (χ1n) is 10.8. The van der Waals surface area contributed by atoms with Crippen LogP contribution in [0.25, 0.3) is 16.5 Å². The van der Waals surface area contributed by atoms with Crippen molar-refractivity contribution in [2.45, 2.75) is 25.4 Å². The van der Waals surface area contributed by atoms with Crippen molar-refractivity contribution in [2.24, 2.45) is 5.73 Å². The maximum atomic E-state index is 13.5. The molecule has 160 valence electrons. The monoisotopic (exact) mass is 419 g/mol. The average molecular weight is 420 g/mol. The van der Waals surface area contributed by atoms with E-state index in [4.69, 9.17) is 10.5 Å². The molecule has 1 aromatic heterocycles. The van der Waals surface area contributed by atoms with Crippen LogP contribution in [-0.4, -0.2) is 42.0 Å². The highest BCUT2D eigenvalue weighted by molar-refractivity contribution is 5.93. The van der Waals surface area contributed by atoms with Gasteiger partial charge < -0.3 is 15.5 Å². The molecule has 0 saturated carbocycles. The number of aromatic nitrogens is 1. The van der Waals surface area contributed by atoms with Gasteiger partial charge >= 0.3 is 0 Å². The second-order valence-electron chi connectivity index (χ2n) is 8.35. The Hall–Kier alpha value is -2.96. The number of rotatable bonds is 5. The third kappa shape index (κ3) is 4.01. The van der Waals surface area contributed by atoms with Crippen molar-refractivity contribution in [3.8, 4) is 0 Å². The Labute approximate surface area is 180 Å². The number of nitrogens with one attached hydrogen (secondary N) is 1. The van der Waals surface area contributed by atoms with Crippen molar-refractivity contribution in [3.05, 3.63) is 76.7 Å². The summed E-state index contributed by atoms with van der Waals surface area (Å²) in [6, 6.07) is 10.6. The number of carbonyl (C=O) groups is 1. The lowest BCUT2D eigenvalue weighted by Crippen LogP contribution is -2.31. The van der Waals surface area contributed by atoms with Gasteiger partial charge in [-0.1, -0.05) is 12.1 Å². The fourth-order valence-electron chi connectivity index (χ4n) is 4.75. The molecular weight excluding hydrogens is 393 g/mol. The Morgan fingerprint density at radius 3 is 2.94 bits per heavy atom. The van der Waals surface area contributed by atoms with E-state index in [0.717, 1.165) is 49.8 Å². The molecule has 0 spiro atoms. The first-order chi connectivity index (χ1) is 15.1. The van der Waals surface area contributed by atoms with Crippen LogP contribution >= 0.6 is 0 Å². The molecule has 5 nitrogen and oxygen atoms in total. The Balaban J connectivity index is 1.23. The van der Waals surface area contributed by atoms with Crippen LogP contribution in [0.5, 0.6) is 0 Å². The highest BCUT2D eigenvalue weighted by Gasteiger charge is 2.23. The Morgan fingerprint density at radius 2 is 2.13 bits per heavy atom. The molecule has 2 aliphatic heterocycles. The van der Waals surface area contributed by atoms with Crippen LogP contribution in [0.1, 0.15) is 46.0 Å². The zero-order valence-electron chi connectivity index (χ0n) is 17.4. The lowest BCUT2D eigenvalue weighted by atomic mass is 9.93. The number of carbonyl (C=O) groups excluding carboxylic acids is 1. The molecular formula is C25H26FN3O2. The molecule has 0 fully saturated rings. The van der Waals surface area contributed by atoms with E-state index in [2.05, 4.69) is 16.0 Å². The summed E-state index contributed by atoms with van der Waals surface area (Å²) in [4.78, 5) is 17.1. The molecule has 31 heavy (non-hydrogen) atoms. The van der Waals surface area contributed by atoms with Crippen LogP contribution in [0.2, 0.25) is 0 Å². The van der Waals surface area contributed by atoms with Crippen molar-refractivity contribution in [1.29, 1.82) is 0 Å². The van der Waals surface area contributed by atoms with Gasteiger partial charge in [0, 0.05) is 47.9 Å². The van der Waals surface area contributed by atoms with E-state index in [1.54, 1.807) is 12.1 Å². The van der Waals surface area contributed by atoms with Crippen molar-refractivity contribution in [3.63, 3.8) is 0 Å². The van der Waals surface area contributed by atoms with Crippen molar-refractivity contribution < 1.29 is 13.9 Å². The molecule has 0 saturated heterocycles. The summed E-state index contributed by atoms with van der Waals surface area (Å²) >= 11 is 0. The summed E-state index contributed by atoms with van der Waals surface area (Å²) in [6.45, 7) is 3.50. The summed E-state index contributed by atoms with van der Waals surface area (Å²) in [5.41, 5.74) is 11.7. The largest absolute Gasteiger partial charge is 0.373 e. The maximum absolute atomic E-state index is 13.5. The zero-order valence-corrected chi connectivity index (χ0v) is 17.4. The molecule has 0 unspecified atom stereocenters. The SMILES string of the molecule is NC(=O)c1ccc2c(c1)CCO[C@@H]2CCN1CC=C(c2c[nH]c3cc(F)ccc23)CC1. The highest BCUT2D eigenvalue weighted by Crippen LogP contribution is 2.32. The second-order valence-corrected chi connectivity index (χ2v) is 8.35. The van der Waals surface area contributed by atoms with Crippen LogP contribution in [0.4, 0.5) is 4.39 Å². The van der Waals surface area contributed by atoms with Gasteiger partial charge in [-0.3, -0.25) is 9.69 Å². The predicted molar refractivity (Wildman–Crippen MR) is 119 cm³/mol. The van der Waals surface area contributed by atoms with Gasteiger partial charge in [0.05, 0.1) is 12.7 Å². The quantitative estimate of drug-likeness (QED) is 0.651. The van der Waals surface area contributed by atoms with Gasteiger partial charge in [0.15, 0.2) is 0 Å². The summed E-state index contributed by atoms with van der Waals surface area (Å²) in [5.74, 6) is -0.607. The number of fused-ring (bicyclic) bond motifs is 2. The second kappa shape index (κ2) is 8.29. The van der Waals surface area contributed by atoms with Gasteiger partial charge in [-0.25, -0.2) is 4.39 Å². The van der Waals surface area contributed by atoms with Crippen molar-refractivity contribution in [1.82, 2.24) is 9.88 Å². The van der Waals surface area contributed by atoms with E-state index in [-0.39, 0.29) is 17.8 Å². The number of primary amides is 1. The Bertz CT molecular complexity index is 1170. The fraction of sp³-hybridized carbons (Fsp3) is 0.320. The molecule has 0 bridgehead atoms. The van der Waals surface area contributed by atoms with Gasteiger partial charge in [-0.2, -0.15) is 0 Å². The zero-order chi connectivity index (χ0) is 21.4. The minimum atomic E-state index is -0.387. The molecule has 1 amide bonds. The van der Waals surface area contributed by atoms with E-state index >= 15 is 0 Å². The van der Waals surface area contributed by atoms with E-state index in [1.807, 2.05) is 24.4 Å². The molecule has 3 aromatic rings. The molecule has 3 N–H and O–H groups in total. The number of aromatic amines is 1. The minimum Gasteiger partial charge on any atom is -0.373 e. The van der Waals surface area contributed by atoms with E-state index in [1.165, 1.54) is 28.3 Å². The topological polar surface area (TPSA) is 71.4 Å². The molecule has 5 rings (SSSR count). The van der Waals surface area contributed by atoms with Gasteiger partial charge in [0.2, 0.25) is 5.91 Å². The normalized spacial score (nSPS) is 19.3. The van der Waals surface area contributed by atoms with Gasteiger partial charge in [-0.05, 0) is 66.3 Å². The first-order valence-corrected chi connectivity index (χ1v) is 10.8. The molecule has 2 aromatic carbocycles. The van der Waals surface area contributed by atoms with E-state index < -0.39 is 0 Å². The van der Waals surface area contributed by atoms with E-state index in [9.17, 15) is 9.18 Å². The standard InChI is InChI=1S/C25H26FN3O2/c26-19-2-4-21-22(15-28-23(21)14-19)16-5-9-29(10-6-16)11-7-24-20-3-1-18(25(27)30)13-17(20)8-12-31-24/h1-5,13-15,24,28H,6-12H2,(H2,27,30)/t24-/m1/s1. The van der Waals surface area contributed by atoms with Gasteiger partial charge in [0.25, 0.3) is 0 Å². The number of benzene rings is 2. The number of H-pyrrole nitrogens is 1. The lowest BCUT2D eigenvalue weighted by Gasteiger charge is -2.31. The number of amides is 1. The summed E-state index contributed by atoms with van der Waals surface area (Å²) < 4.78 is 19.5. The number of hydrogen-bond donors (Lipinski definition) is 2. The summed E-state index contributed by atoms with van der Waals surface area (Å²) in [5, 5.41) is 1.07. The van der Waals surface area contributed by atoms with Crippen molar-refractivity contribution >= 4 is 22.4 Å². The molecule has 1 atom stereocenters. The number of halogens is 1. The molecule has 6 heteroatoms. The Morgan fingerprint density at radius 1 is 1.23 bits per heavy atom. The van der Waals surface area contributed by atoms with Crippen LogP contribution < -0.4 is 5.73 Å². The lowest BCUT2D eigenvalue weighted by molar-refractivity contribution is 0.0299. The van der Waals surface area contributed by atoms with Crippen LogP contribution in [0.15, 0.2) is 48.7 Å². The van der Waals surface area contributed by atoms with Gasteiger partial charge in [0.1, 0.15) is 5.82 Å². The van der Waals surface area contributed by atoms with Crippen LogP contribution in [0, 0.1) is 5.82 Å². The smallest absolute Gasteiger partial charge is 0.248 e. The third-order valence-electron chi connectivity index (χ3n) is 6.46. The predicted octanol–water partition coefficient (Wildman–Crippen LogP) is 4.20. The third-order valence-corrected chi connectivity index (χ3v) is 6.46. The Kier molecular flexibility index (Phi) is 5.34.